The summed E-state index contributed by atoms with van der Waals surface area (Å²) in [6.45, 7) is 5.58. The van der Waals surface area contributed by atoms with Gasteiger partial charge in [0.15, 0.2) is 5.78 Å². The van der Waals surface area contributed by atoms with Crippen LogP contribution in [0.3, 0.4) is 0 Å². The van der Waals surface area contributed by atoms with E-state index in [1.807, 2.05) is 26.8 Å². The maximum absolute atomic E-state index is 14.6. The number of phenols is 8. The maximum Gasteiger partial charge on any atom is 0.171 e. The van der Waals surface area contributed by atoms with Crippen LogP contribution in [0.2, 0.25) is 0 Å². The van der Waals surface area contributed by atoms with Crippen LogP contribution >= 0.6 is 0 Å². The van der Waals surface area contributed by atoms with E-state index in [0.29, 0.717) is 23.1 Å². The zero-order chi connectivity index (χ0) is 34.9. The minimum Gasteiger partial charge on any atom is -0.508 e. The average Bonchev–Trinajstić information content (AvgIpc) is 2.99. The summed E-state index contributed by atoms with van der Waals surface area (Å²) in [4.78, 5) is 14.6. The van der Waals surface area contributed by atoms with Crippen molar-refractivity contribution in [3.05, 3.63) is 117 Å². The van der Waals surface area contributed by atoms with Gasteiger partial charge in [-0.3, -0.25) is 4.79 Å². The molecule has 0 aliphatic heterocycles. The molecule has 0 saturated carbocycles. The fourth-order valence-corrected chi connectivity index (χ4v) is 6.41. The molecule has 0 spiro atoms. The molecule has 4 aromatic carbocycles. The first-order chi connectivity index (χ1) is 22.7. The topological polar surface area (TPSA) is 179 Å². The second-order valence-electron chi connectivity index (χ2n) is 12.5. The molecule has 48 heavy (non-hydrogen) atoms. The van der Waals surface area contributed by atoms with Crippen LogP contribution in [0.1, 0.15) is 77.2 Å². The van der Waals surface area contributed by atoms with Crippen molar-refractivity contribution in [3.63, 3.8) is 0 Å². The Morgan fingerprint density at radius 2 is 1.40 bits per heavy atom. The highest BCUT2D eigenvalue weighted by Crippen LogP contribution is 2.53. The van der Waals surface area contributed by atoms with Gasteiger partial charge < -0.3 is 40.9 Å². The number of Topliss-reactive ketones (excluding diaryl/α,β-unsaturated/α-hetero) is 1. The summed E-state index contributed by atoms with van der Waals surface area (Å²) < 4.78 is 0. The number of carbonyl (C=O) groups excluding carboxylic acids is 1. The predicted molar refractivity (Wildman–Crippen MR) is 183 cm³/mol. The molecular weight excluding hydrogens is 612 g/mol. The average molecular weight is 651 g/mol. The third-order valence-electron chi connectivity index (χ3n) is 8.74. The molecule has 0 heterocycles. The molecular formula is C39H38O9. The summed E-state index contributed by atoms with van der Waals surface area (Å²) in [6.07, 6.45) is 7.17. The highest BCUT2D eigenvalue weighted by atomic mass is 16.3. The summed E-state index contributed by atoms with van der Waals surface area (Å²) >= 11 is 0. The molecule has 1 unspecified atom stereocenters. The predicted octanol–water partition coefficient (Wildman–Crippen LogP) is 7.73. The summed E-state index contributed by atoms with van der Waals surface area (Å²) in [6, 6.07) is 13.7. The summed E-state index contributed by atoms with van der Waals surface area (Å²) in [5, 5.41) is 85.3. The molecule has 0 aromatic heterocycles. The van der Waals surface area contributed by atoms with E-state index in [-0.39, 0.29) is 69.1 Å². The normalized spacial score (nSPS) is 17.6. The minimum atomic E-state index is -1.07. The van der Waals surface area contributed by atoms with Gasteiger partial charge in [-0.2, -0.15) is 0 Å². The first-order valence-electron chi connectivity index (χ1n) is 15.4. The lowest BCUT2D eigenvalue weighted by Crippen LogP contribution is -2.31. The van der Waals surface area contributed by atoms with E-state index in [9.17, 15) is 45.6 Å². The Bertz CT molecular complexity index is 1960. The number of phenolic OH excluding ortho intramolecular Hbond substituents is 8. The molecule has 0 radical (unpaired) electrons. The van der Waals surface area contributed by atoms with Crippen LogP contribution in [0.4, 0.5) is 0 Å². The smallest absolute Gasteiger partial charge is 0.171 e. The van der Waals surface area contributed by atoms with E-state index >= 15 is 0 Å². The fourth-order valence-electron chi connectivity index (χ4n) is 6.41. The summed E-state index contributed by atoms with van der Waals surface area (Å²) in [5.41, 5.74) is 3.06. The molecule has 248 valence electrons. The Morgan fingerprint density at radius 1 is 0.750 bits per heavy atom. The molecule has 1 aliphatic rings. The van der Waals surface area contributed by atoms with Gasteiger partial charge in [-0.05, 0) is 87.2 Å². The van der Waals surface area contributed by atoms with E-state index in [4.69, 9.17) is 0 Å². The molecule has 8 N–H and O–H groups in total. The number of rotatable bonds is 8. The zero-order valence-electron chi connectivity index (χ0n) is 26.7. The Hall–Kier alpha value is -5.83. The van der Waals surface area contributed by atoms with E-state index in [0.717, 1.165) is 11.1 Å². The summed E-state index contributed by atoms with van der Waals surface area (Å²) in [7, 11) is 0. The lowest BCUT2D eigenvalue weighted by molar-refractivity contribution is 0.0876. The third-order valence-corrected chi connectivity index (χ3v) is 8.74. The van der Waals surface area contributed by atoms with Gasteiger partial charge >= 0.3 is 0 Å². The monoisotopic (exact) mass is 650 g/mol. The minimum absolute atomic E-state index is 0.0586. The Balaban J connectivity index is 1.65. The Morgan fingerprint density at radius 3 is 2.02 bits per heavy atom. The van der Waals surface area contributed by atoms with Crippen molar-refractivity contribution >= 4 is 17.9 Å². The zero-order valence-corrected chi connectivity index (χ0v) is 26.7. The van der Waals surface area contributed by atoms with Gasteiger partial charge in [0.25, 0.3) is 0 Å². The third kappa shape index (κ3) is 6.80. The van der Waals surface area contributed by atoms with Crippen molar-refractivity contribution in [1.29, 1.82) is 0 Å². The molecule has 4 aromatic rings. The van der Waals surface area contributed by atoms with Gasteiger partial charge in [-0.1, -0.05) is 41.5 Å². The van der Waals surface area contributed by atoms with Crippen molar-refractivity contribution < 1.29 is 45.6 Å². The van der Waals surface area contributed by atoms with E-state index in [1.165, 1.54) is 60.7 Å². The van der Waals surface area contributed by atoms with Crippen LogP contribution in [0.25, 0.3) is 12.2 Å². The second-order valence-corrected chi connectivity index (χ2v) is 12.5. The largest absolute Gasteiger partial charge is 0.508 e. The van der Waals surface area contributed by atoms with Crippen LogP contribution in [0, 0.1) is 5.92 Å². The van der Waals surface area contributed by atoms with Gasteiger partial charge in [0, 0.05) is 46.6 Å². The van der Waals surface area contributed by atoms with E-state index < -0.39 is 23.5 Å². The molecule has 0 saturated heterocycles. The maximum atomic E-state index is 14.6. The van der Waals surface area contributed by atoms with Crippen LogP contribution in [0.5, 0.6) is 46.0 Å². The van der Waals surface area contributed by atoms with Crippen molar-refractivity contribution in [3.8, 4) is 46.0 Å². The summed E-state index contributed by atoms with van der Waals surface area (Å²) in [5.74, 6) is -5.11. The molecule has 5 rings (SSSR count). The standard InChI is InChI=1S/C39H38O9/c1-20(2)4-10-27-31(42)13-12-28(38(27)47)39(48)36-29(26-11-9-25(41)19-33(26)44)14-21(3)15-30(36)37-34(45)16-22(17-35(37)46)5-6-23-7-8-24(40)18-32(23)43/h4-9,11-13,15-19,29-30,36,40-47H,10,14H2,1-3H3/b6-5+/t29-,30?,36-/m1/s1. The first-order valence-corrected chi connectivity index (χ1v) is 15.4. The molecule has 1 aliphatic carbocycles. The highest BCUT2D eigenvalue weighted by molar-refractivity contribution is 6.02. The number of ketones is 1. The van der Waals surface area contributed by atoms with Gasteiger partial charge in [0.05, 0.1) is 5.56 Å². The van der Waals surface area contributed by atoms with Crippen molar-refractivity contribution in [1.82, 2.24) is 0 Å². The number of hydrogen-bond donors (Lipinski definition) is 8. The van der Waals surface area contributed by atoms with Crippen LogP contribution in [0.15, 0.2) is 84.0 Å². The number of allylic oxidation sites excluding steroid dienone is 4. The Kier molecular flexibility index (Phi) is 9.43. The number of hydrogen-bond acceptors (Lipinski definition) is 9. The van der Waals surface area contributed by atoms with Crippen LogP contribution < -0.4 is 0 Å². The van der Waals surface area contributed by atoms with Crippen molar-refractivity contribution in [2.24, 2.45) is 5.92 Å². The van der Waals surface area contributed by atoms with Crippen molar-refractivity contribution in [2.75, 3.05) is 0 Å². The lowest BCUT2D eigenvalue weighted by atomic mass is 9.65. The number of benzene rings is 4. The molecule has 0 fully saturated rings. The quantitative estimate of drug-likeness (QED) is 0.0538. The molecule has 0 amide bonds. The fraction of sp³-hybridized carbons (Fsp3) is 0.205. The molecule has 3 atom stereocenters. The number of aromatic hydroxyl groups is 8. The molecule has 9 heteroatoms. The Labute approximate surface area is 278 Å². The van der Waals surface area contributed by atoms with E-state index in [2.05, 4.69) is 0 Å². The van der Waals surface area contributed by atoms with E-state index in [1.54, 1.807) is 18.2 Å². The van der Waals surface area contributed by atoms with Crippen molar-refractivity contribution in [2.45, 2.75) is 45.4 Å². The van der Waals surface area contributed by atoms with Gasteiger partial charge in [0.1, 0.15) is 46.0 Å². The number of carbonyl (C=O) groups is 1. The molecule has 0 bridgehead atoms. The lowest BCUT2D eigenvalue weighted by Gasteiger charge is -2.37. The highest BCUT2D eigenvalue weighted by Gasteiger charge is 2.43. The second kappa shape index (κ2) is 13.5. The van der Waals surface area contributed by atoms with Crippen LogP contribution in [-0.4, -0.2) is 46.6 Å². The van der Waals surface area contributed by atoms with Gasteiger partial charge in [-0.15, -0.1) is 0 Å². The van der Waals surface area contributed by atoms with Gasteiger partial charge in [0.2, 0.25) is 0 Å². The first kappa shape index (κ1) is 33.5. The van der Waals surface area contributed by atoms with Crippen LogP contribution in [-0.2, 0) is 6.42 Å². The van der Waals surface area contributed by atoms with Gasteiger partial charge in [-0.25, -0.2) is 0 Å². The molecule has 9 nitrogen and oxygen atoms in total. The SMILES string of the molecule is CC(C)=CCc1c(O)ccc(C(=O)[C@H]2C(c3c(O)cc(/C=C/c4ccc(O)cc4O)cc3O)C=C(C)C[C@@H]2c2ccc(O)cc2O)c1O.